The summed E-state index contributed by atoms with van der Waals surface area (Å²) in [5.74, 6) is 0. The minimum atomic E-state index is 0.253. The van der Waals surface area contributed by atoms with Gasteiger partial charge in [-0.05, 0) is 38.8 Å². The van der Waals surface area contributed by atoms with Crippen molar-refractivity contribution in [1.82, 2.24) is 10.2 Å². The SMILES string of the molecule is CCCN(CCC(CO)NC(C)C)C1CC1. The Balaban J connectivity index is 2.22. The molecule has 0 amide bonds. The van der Waals surface area contributed by atoms with Crippen LogP contribution in [0, 0.1) is 0 Å². The molecule has 3 heteroatoms. The first kappa shape index (κ1) is 13.9. The van der Waals surface area contributed by atoms with Crippen LogP contribution in [0.2, 0.25) is 0 Å². The molecule has 0 saturated heterocycles. The number of nitrogens with one attached hydrogen (secondary N) is 1. The summed E-state index contributed by atoms with van der Waals surface area (Å²) >= 11 is 0. The average Bonchev–Trinajstić information content (AvgIpc) is 3.05. The van der Waals surface area contributed by atoms with Crippen molar-refractivity contribution in [3.8, 4) is 0 Å². The lowest BCUT2D eigenvalue weighted by Gasteiger charge is -2.25. The number of hydrogen-bond acceptors (Lipinski definition) is 3. The van der Waals surface area contributed by atoms with Crippen molar-refractivity contribution in [3.63, 3.8) is 0 Å². The lowest BCUT2D eigenvalue weighted by Crippen LogP contribution is -2.40. The summed E-state index contributed by atoms with van der Waals surface area (Å²) in [6.07, 6.45) is 5.05. The van der Waals surface area contributed by atoms with Gasteiger partial charge in [0.1, 0.15) is 0 Å². The molecule has 16 heavy (non-hydrogen) atoms. The monoisotopic (exact) mass is 228 g/mol. The molecule has 0 radical (unpaired) electrons. The number of rotatable bonds is 9. The summed E-state index contributed by atoms with van der Waals surface area (Å²) in [5, 5.41) is 12.7. The zero-order valence-electron chi connectivity index (χ0n) is 11.1. The zero-order chi connectivity index (χ0) is 12.0. The predicted molar refractivity (Wildman–Crippen MR) is 68.6 cm³/mol. The Bertz CT molecular complexity index is 181. The van der Waals surface area contributed by atoms with Gasteiger partial charge in [0.15, 0.2) is 0 Å². The van der Waals surface area contributed by atoms with Crippen LogP contribution in [0.5, 0.6) is 0 Å². The van der Waals surface area contributed by atoms with E-state index in [1.54, 1.807) is 0 Å². The first-order valence-electron chi connectivity index (χ1n) is 6.78. The summed E-state index contributed by atoms with van der Waals surface area (Å²) in [4.78, 5) is 2.59. The van der Waals surface area contributed by atoms with Gasteiger partial charge in [-0.1, -0.05) is 20.8 Å². The molecule has 0 aromatic heterocycles. The first-order valence-corrected chi connectivity index (χ1v) is 6.78. The van der Waals surface area contributed by atoms with Crippen molar-refractivity contribution in [2.45, 2.75) is 64.6 Å². The predicted octanol–water partition coefficient (Wildman–Crippen LogP) is 1.61. The van der Waals surface area contributed by atoms with Gasteiger partial charge in [-0.15, -0.1) is 0 Å². The number of nitrogens with zero attached hydrogens (tertiary/aromatic N) is 1. The largest absolute Gasteiger partial charge is 0.395 e. The maximum Gasteiger partial charge on any atom is 0.0585 e. The zero-order valence-corrected chi connectivity index (χ0v) is 11.1. The van der Waals surface area contributed by atoms with E-state index in [0.717, 1.165) is 19.0 Å². The Morgan fingerprint density at radius 3 is 2.44 bits per heavy atom. The standard InChI is InChI=1S/C13H28N2O/c1-4-8-15(13-5-6-13)9-7-12(10-16)14-11(2)3/h11-14,16H,4-10H2,1-3H3. The molecule has 1 saturated carbocycles. The maximum absolute atomic E-state index is 9.29. The highest BCUT2D eigenvalue weighted by Crippen LogP contribution is 2.27. The Kier molecular flexibility index (Phi) is 6.32. The van der Waals surface area contributed by atoms with E-state index in [2.05, 4.69) is 31.0 Å². The molecule has 3 nitrogen and oxygen atoms in total. The van der Waals surface area contributed by atoms with Crippen molar-refractivity contribution in [3.05, 3.63) is 0 Å². The van der Waals surface area contributed by atoms with Crippen molar-refractivity contribution in [2.24, 2.45) is 0 Å². The van der Waals surface area contributed by atoms with Gasteiger partial charge in [-0.25, -0.2) is 0 Å². The van der Waals surface area contributed by atoms with Crippen LogP contribution in [0.1, 0.15) is 46.5 Å². The van der Waals surface area contributed by atoms with Gasteiger partial charge in [0.05, 0.1) is 6.61 Å². The molecule has 96 valence electrons. The quantitative estimate of drug-likeness (QED) is 0.629. The third kappa shape index (κ3) is 5.28. The summed E-state index contributed by atoms with van der Waals surface area (Å²) in [6, 6.07) is 1.56. The molecule has 0 bridgehead atoms. The Hall–Kier alpha value is -0.120. The smallest absolute Gasteiger partial charge is 0.0585 e. The topological polar surface area (TPSA) is 35.5 Å². The highest BCUT2D eigenvalue weighted by atomic mass is 16.3. The molecule has 0 heterocycles. The molecule has 1 unspecified atom stereocenters. The molecule has 1 rings (SSSR count). The van der Waals surface area contributed by atoms with Crippen molar-refractivity contribution < 1.29 is 5.11 Å². The molecule has 1 aliphatic carbocycles. The number of hydrogen-bond donors (Lipinski definition) is 2. The van der Waals surface area contributed by atoms with Gasteiger partial charge in [0.2, 0.25) is 0 Å². The normalized spacial score (nSPS) is 18.4. The summed E-state index contributed by atoms with van der Waals surface area (Å²) in [6.45, 7) is 9.10. The van der Waals surface area contributed by atoms with Gasteiger partial charge in [-0.3, -0.25) is 0 Å². The van der Waals surface area contributed by atoms with Crippen LogP contribution in [0.25, 0.3) is 0 Å². The summed E-state index contributed by atoms with van der Waals surface area (Å²) in [7, 11) is 0. The third-order valence-corrected chi connectivity index (χ3v) is 3.13. The Morgan fingerprint density at radius 1 is 1.31 bits per heavy atom. The molecule has 0 aromatic rings. The molecule has 1 fully saturated rings. The van der Waals surface area contributed by atoms with Gasteiger partial charge < -0.3 is 15.3 Å². The van der Waals surface area contributed by atoms with Gasteiger partial charge in [0, 0.05) is 18.1 Å². The lowest BCUT2D eigenvalue weighted by molar-refractivity contribution is 0.196. The fraction of sp³-hybridized carbons (Fsp3) is 1.00. The van der Waals surface area contributed by atoms with Crippen LogP contribution >= 0.6 is 0 Å². The molecule has 1 aliphatic rings. The Labute approximate surface area is 100 Å². The molecule has 0 aliphatic heterocycles. The first-order chi connectivity index (χ1) is 7.67. The second-order valence-corrected chi connectivity index (χ2v) is 5.26. The van der Waals surface area contributed by atoms with E-state index >= 15 is 0 Å². The molecule has 0 aromatic carbocycles. The molecular formula is C13H28N2O. The van der Waals surface area contributed by atoms with Crippen molar-refractivity contribution >= 4 is 0 Å². The van der Waals surface area contributed by atoms with E-state index in [9.17, 15) is 5.11 Å². The van der Waals surface area contributed by atoms with E-state index in [1.807, 2.05) is 0 Å². The Morgan fingerprint density at radius 2 is 2.00 bits per heavy atom. The van der Waals surface area contributed by atoms with Crippen LogP contribution in [0.3, 0.4) is 0 Å². The number of aliphatic hydroxyl groups is 1. The van der Waals surface area contributed by atoms with Gasteiger partial charge >= 0.3 is 0 Å². The number of aliphatic hydroxyl groups excluding tert-OH is 1. The lowest BCUT2D eigenvalue weighted by atomic mass is 10.2. The fourth-order valence-electron chi connectivity index (χ4n) is 2.22. The molecule has 0 spiro atoms. The third-order valence-electron chi connectivity index (χ3n) is 3.13. The molecule has 2 N–H and O–H groups in total. The van der Waals surface area contributed by atoms with Gasteiger partial charge in [-0.2, -0.15) is 0 Å². The van der Waals surface area contributed by atoms with Crippen molar-refractivity contribution in [1.29, 1.82) is 0 Å². The van der Waals surface area contributed by atoms with Crippen LogP contribution in [-0.2, 0) is 0 Å². The second kappa shape index (κ2) is 7.25. The van der Waals surface area contributed by atoms with Crippen LogP contribution in [0.4, 0.5) is 0 Å². The van der Waals surface area contributed by atoms with E-state index in [1.165, 1.54) is 25.8 Å². The summed E-state index contributed by atoms with van der Waals surface area (Å²) in [5.41, 5.74) is 0. The highest BCUT2D eigenvalue weighted by molar-refractivity contribution is 4.85. The average molecular weight is 228 g/mol. The van der Waals surface area contributed by atoms with Crippen LogP contribution in [0.15, 0.2) is 0 Å². The molecular weight excluding hydrogens is 200 g/mol. The van der Waals surface area contributed by atoms with Gasteiger partial charge in [0.25, 0.3) is 0 Å². The van der Waals surface area contributed by atoms with Crippen LogP contribution < -0.4 is 5.32 Å². The van der Waals surface area contributed by atoms with E-state index in [0.29, 0.717) is 6.04 Å². The van der Waals surface area contributed by atoms with E-state index < -0.39 is 0 Å². The van der Waals surface area contributed by atoms with Crippen molar-refractivity contribution in [2.75, 3.05) is 19.7 Å². The highest BCUT2D eigenvalue weighted by Gasteiger charge is 2.28. The maximum atomic E-state index is 9.29. The minimum Gasteiger partial charge on any atom is -0.395 e. The fourth-order valence-corrected chi connectivity index (χ4v) is 2.22. The van der Waals surface area contributed by atoms with Crippen LogP contribution in [-0.4, -0.2) is 47.8 Å². The second-order valence-electron chi connectivity index (χ2n) is 5.26. The van der Waals surface area contributed by atoms with E-state index in [4.69, 9.17) is 0 Å². The van der Waals surface area contributed by atoms with E-state index in [-0.39, 0.29) is 12.6 Å². The minimum absolute atomic E-state index is 0.253. The summed E-state index contributed by atoms with van der Waals surface area (Å²) < 4.78 is 0. The molecule has 1 atom stereocenters.